The van der Waals surface area contributed by atoms with Crippen LogP contribution in [0.5, 0.6) is 0 Å². The third kappa shape index (κ3) is 2.20. The lowest BCUT2D eigenvalue weighted by Crippen LogP contribution is -2.15. The van der Waals surface area contributed by atoms with E-state index in [-0.39, 0.29) is 12.1 Å². The molecule has 0 amide bonds. The topological polar surface area (TPSA) is 43.2 Å². The van der Waals surface area contributed by atoms with Gasteiger partial charge in [-0.2, -0.15) is 0 Å². The summed E-state index contributed by atoms with van der Waals surface area (Å²) in [6.45, 7) is 9.90. The van der Waals surface area contributed by atoms with Crippen molar-refractivity contribution < 1.29 is 9.47 Å². The van der Waals surface area contributed by atoms with Gasteiger partial charge in [-0.05, 0) is 11.8 Å². The number of rotatable bonds is 3. The zero-order valence-electron chi connectivity index (χ0n) is 10.4. The summed E-state index contributed by atoms with van der Waals surface area (Å²) >= 11 is 0. The van der Waals surface area contributed by atoms with E-state index in [2.05, 4.69) is 37.7 Å². The van der Waals surface area contributed by atoms with Crippen molar-refractivity contribution in [2.24, 2.45) is 21.8 Å². The first-order chi connectivity index (χ1) is 7.58. The first-order valence-electron chi connectivity index (χ1n) is 5.99. The second kappa shape index (κ2) is 4.44. The Morgan fingerprint density at radius 3 is 1.50 bits per heavy atom. The molecule has 2 aliphatic heterocycles. The van der Waals surface area contributed by atoms with Crippen LogP contribution in [0.2, 0.25) is 0 Å². The van der Waals surface area contributed by atoms with Crippen molar-refractivity contribution in [3.05, 3.63) is 0 Å². The molecule has 2 atom stereocenters. The van der Waals surface area contributed by atoms with E-state index in [1.165, 1.54) is 0 Å². The van der Waals surface area contributed by atoms with Crippen LogP contribution in [0.25, 0.3) is 0 Å². The largest absolute Gasteiger partial charge is 0.472 e. The van der Waals surface area contributed by atoms with Crippen molar-refractivity contribution in [2.45, 2.75) is 39.8 Å². The first-order valence-corrected chi connectivity index (χ1v) is 5.99. The summed E-state index contributed by atoms with van der Waals surface area (Å²) in [6.07, 6.45) is 0. The quantitative estimate of drug-likeness (QED) is 0.734. The van der Waals surface area contributed by atoms with Gasteiger partial charge in [0.05, 0.1) is 12.1 Å². The van der Waals surface area contributed by atoms with Crippen LogP contribution in [-0.4, -0.2) is 37.1 Å². The lowest BCUT2D eigenvalue weighted by molar-refractivity contribution is 0.273. The molecule has 2 aliphatic rings. The van der Waals surface area contributed by atoms with Gasteiger partial charge in [-0.15, -0.1) is 0 Å². The monoisotopic (exact) mass is 224 g/mol. The van der Waals surface area contributed by atoms with E-state index >= 15 is 0 Å². The average Bonchev–Trinajstić information content (AvgIpc) is 2.86. The predicted octanol–water partition coefficient (Wildman–Crippen LogP) is 1.89. The molecule has 4 heteroatoms. The van der Waals surface area contributed by atoms with E-state index in [1.807, 2.05) is 0 Å². The molecule has 0 radical (unpaired) electrons. The lowest BCUT2D eigenvalue weighted by Gasteiger charge is -2.06. The van der Waals surface area contributed by atoms with E-state index in [0.717, 1.165) is 0 Å². The van der Waals surface area contributed by atoms with Gasteiger partial charge in [0.2, 0.25) is 0 Å². The van der Waals surface area contributed by atoms with E-state index in [9.17, 15) is 0 Å². The molecule has 0 aromatic rings. The highest BCUT2D eigenvalue weighted by molar-refractivity contribution is 6.36. The zero-order chi connectivity index (χ0) is 11.7. The fourth-order valence-corrected chi connectivity index (χ4v) is 1.70. The van der Waals surface area contributed by atoms with Gasteiger partial charge in [-0.25, -0.2) is 9.98 Å². The summed E-state index contributed by atoms with van der Waals surface area (Å²) in [5.41, 5.74) is 0. The van der Waals surface area contributed by atoms with Crippen LogP contribution >= 0.6 is 0 Å². The highest BCUT2D eigenvalue weighted by Gasteiger charge is 2.31. The minimum absolute atomic E-state index is 0.249. The molecule has 0 spiro atoms. The number of hydrogen-bond donors (Lipinski definition) is 0. The molecule has 0 aliphatic carbocycles. The normalized spacial score (nSPS) is 29.1. The molecule has 0 aromatic heterocycles. The van der Waals surface area contributed by atoms with Gasteiger partial charge in [0.1, 0.15) is 13.2 Å². The number of aliphatic imine (C=N–C) groups is 2. The minimum Gasteiger partial charge on any atom is -0.472 e. The standard InChI is InChI=1S/C12H20N2O2/c1-7(2)9-5-15-11(13-9)12-14-10(6-16-12)8(3)4/h7-10H,5-6H2,1-4H3/t9-,10-/m1/s1. The molecular formula is C12H20N2O2. The predicted molar refractivity (Wildman–Crippen MR) is 64.0 cm³/mol. The Hall–Kier alpha value is -1.06. The van der Waals surface area contributed by atoms with Crippen LogP contribution in [-0.2, 0) is 9.47 Å². The van der Waals surface area contributed by atoms with E-state index in [4.69, 9.17) is 9.47 Å². The van der Waals surface area contributed by atoms with Crippen molar-refractivity contribution in [1.29, 1.82) is 0 Å². The van der Waals surface area contributed by atoms with E-state index in [1.54, 1.807) is 0 Å². The number of nitrogens with zero attached hydrogens (tertiary/aromatic N) is 2. The van der Waals surface area contributed by atoms with Crippen LogP contribution in [0.15, 0.2) is 9.98 Å². The highest BCUT2D eigenvalue weighted by atomic mass is 16.5. The van der Waals surface area contributed by atoms with Gasteiger partial charge >= 0.3 is 0 Å². The molecule has 0 aromatic carbocycles. The molecule has 90 valence electrons. The number of ether oxygens (including phenoxy) is 2. The molecule has 0 fully saturated rings. The molecule has 0 saturated heterocycles. The smallest absolute Gasteiger partial charge is 0.273 e. The molecule has 0 bridgehead atoms. The zero-order valence-corrected chi connectivity index (χ0v) is 10.4. The van der Waals surface area contributed by atoms with E-state index in [0.29, 0.717) is 36.8 Å². The van der Waals surface area contributed by atoms with Gasteiger partial charge in [0.25, 0.3) is 11.8 Å². The van der Waals surface area contributed by atoms with Gasteiger partial charge in [-0.1, -0.05) is 27.7 Å². The molecule has 0 saturated carbocycles. The minimum atomic E-state index is 0.249. The van der Waals surface area contributed by atoms with Gasteiger partial charge < -0.3 is 9.47 Å². The lowest BCUT2D eigenvalue weighted by atomic mass is 10.1. The Morgan fingerprint density at radius 1 is 0.875 bits per heavy atom. The summed E-state index contributed by atoms with van der Waals surface area (Å²) in [4.78, 5) is 9.00. The Labute approximate surface area is 96.8 Å². The summed E-state index contributed by atoms with van der Waals surface area (Å²) in [7, 11) is 0. The first kappa shape index (κ1) is 11.4. The second-order valence-corrected chi connectivity index (χ2v) is 5.11. The maximum Gasteiger partial charge on any atom is 0.273 e. The van der Waals surface area contributed by atoms with Gasteiger partial charge in [-0.3, -0.25) is 0 Å². The Bertz CT molecular complexity index is 289. The van der Waals surface area contributed by atoms with Crippen molar-refractivity contribution in [2.75, 3.05) is 13.2 Å². The Kier molecular flexibility index (Phi) is 3.17. The van der Waals surface area contributed by atoms with Gasteiger partial charge in [0.15, 0.2) is 0 Å². The third-order valence-electron chi connectivity index (χ3n) is 3.07. The summed E-state index contributed by atoms with van der Waals surface area (Å²) in [6, 6.07) is 0.499. The van der Waals surface area contributed by atoms with Crippen LogP contribution in [0.1, 0.15) is 27.7 Å². The van der Waals surface area contributed by atoms with Crippen LogP contribution in [0, 0.1) is 11.8 Å². The van der Waals surface area contributed by atoms with Crippen LogP contribution in [0.3, 0.4) is 0 Å². The molecule has 0 N–H and O–H groups in total. The second-order valence-electron chi connectivity index (χ2n) is 5.11. The van der Waals surface area contributed by atoms with Crippen molar-refractivity contribution in [3.63, 3.8) is 0 Å². The maximum absolute atomic E-state index is 5.53. The number of hydrogen-bond acceptors (Lipinski definition) is 4. The van der Waals surface area contributed by atoms with Crippen molar-refractivity contribution in [3.8, 4) is 0 Å². The van der Waals surface area contributed by atoms with Crippen LogP contribution in [0.4, 0.5) is 0 Å². The van der Waals surface area contributed by atoms with Crippen LogP contribution < -0.4 is 0 Å². The fourth-order valence-electron chi connectivity index (χ4n) is 1.70. The van der Waals surface area contributed by atoms with Crippen molar-refractivity contribution in [1.82, 2.24) is 0 Å². The highest BCUT2D eigenvalue weighted by Crippen LogP contribution is 2.19. The van der Waals surface area contributed by atoms with Crippen molar-refractivity contribution >= 4 is 11.8 Å². The summed E-state index contributed by atoms with van der Waals surface area (Å²) in [5, 5.41) is 0. The summed E-state index contributed by atoms with van der Waals surface area (Å²) < 4.78 is 11.1. The fraction of sp³-hybridized carbons (Fsp3) is 0.833. The molecule has 2 rings (SSSR count). The average molecular weight is 224 g/mol. The third-order valence-corrected chi connectivity index (χ3v) is 3.07. The van der Waals surface area contributed by atoms with Gasteiger partial charge in [0, 0.05) is 0 Å². The SMILES string of the molecule is CC(C)[C@H]1COC(C2=N[C@@H](C(C)C)CO2)=N1. The Balaban J connectivity index is 2.05. The maximum atomic E-state index is 5.53. The molecule has 4 nitrogen and oxygen atoms in total. The molecular weight excluding hydrogens is 204 g/mol. The molecule has 16 heavy (non-hydrogen) atoms. The van der Waals surface area contributed by atoms with E-state index < -0.39 is 0 Å². The molecule has 2 heterocycles. The summed E-state index contributed by atoms with van der Waals surface area (Å²) in [5.74, 6) is 2.20. The Morgan fingerprint density at radius 2 is 1.25 bits per heavy atom. The molecule has 0 unspecified atom stereocenters.